The summed E-state index contributed by atoms with van der Waals surface area (Å²) in [5.74, 6) is -2.14. The molecule has 0 aliphatic carbocycles. The molecule has 0 aromatic carbocycles. The first-order chi connectivity index (χ1) is 9.39. The molecule has 0 aromatic rings. The Bertz CT molecular complexity index is 379. The van der Waals surface area contributed by atoms with Crippen molar-refractivity contribution in [2.45, 2.75) is 31.5 Å². The van der Waals surface area contributed by atoms with Gasteiger partial charge >= 0.3 is 6.18 Å². The van der Waals surface area contributed by atoms with Gasteiger partial charge in [0.25, 0.3) is 0 Å². The average molecular weight is 293 g/mol. The second-order valence-electron chi connectivity index (χ2n) is 5.16. The van der Waals surface area contributed by atoms with Crippen LogP contribution in [0.3, 0.4) is 0 Å². The predicted octanol–water partition coefficient (Wildman–Crippen LogP) is 0.265. The molecule has 2 aliphatic heterocycles. The summed E-state index contributed by atoms with van der Waals surface area (Å²) in [6.45, 7) is 2.48. The van der Waals surface area contributed by atoms with Gasteiger partial charge < -0.3 is 15.5 Å². The second kappa shape index (κ2) is 5.99. The maximum Gasteiger partial charge on any atom is 0.408 e. The van der Waals surface area contributed by atoms with Crippen LogP contribution in [0.15, 0.2) is 0 Å². The Hall–Kier alpha value is -1.31. The highest BCUT2D eigenvalue weighted by Crippen LogP contribution is 2.29. The molecule has 2 saturated heterocycles. The zero-order valence-corrected chi connectivity index (χ0v) is 11.0. The highest BCUT2D eigenvalue weighted by molar-refractivity contribution is 6.00. The lowest BCUT2D eigenvalue weighted by Crippen LogP contribution is -2.55. The summed E-state index contributed by atoms with van der Waals surface area (Å²) in [6, 6.07) is -1.83. The molecular weight excluding hydrogens is 275 g/mol. The van der Waals surface area contributed by atoms with Crippen molar-refractivity contribution >= 4 is 11.8 Å². The lowest BCUT2D eigenvalue weighted by Gasteiger charge is -2.32. The summed E-state index contributed by atoms with van der Waals surface area (Å²) in [6.07, 6.45) is -3.95. The van der Waals surface area contributed by atoms with Crippen molar-refractivity contribution in [1.29, 1.82) is 0 Å². The molecule has 0 saturated carbocycles. The molecule has 0 bridgehead atoms. The molecule has 114 valence electrons. The van der Waals surface area contributed by atoms with Gasteiger partial charge in [-0.15, -0.1) is 0 Å². The molecule has 2 unspecified atom stereocenters. The molecule has 8 heteroatoms. The molecule has 5 nitrogen and oxygen atoms in total. The van der Waals surface area contributed by atoms with Gasteiger partial charge in [0.05, 0.1) is 0 Å². The minimum atomic E-state index is -4.45. The van der Waals surface area contributed by atoms with Crippen LogP contribution < -0.4 is 10.6 Å². The van der Waals surface area contributed by atoms with Crippen LogP contribution in [0.5, 0.6) is 0 Å². The van der Waals surface area contributed by atoms with Gasteiger partial charge in [0.1, 0.15) is 12.0 Å². The zero-order valence-electron chi connectivity index (χ0n) is 11.0. The maximum absolute atomic E-state index is 12.5. The van der Waals surface area contributed by atoms with E-state index in [-0.39, 0.29) is 18.7 Å². The Balaban J connectivity index is 1.96. The first-order valence-corrected chi connectivity index (χ1v) is 6.76. The molecule has 0 spiro atoms. The van der Waals surface area contributed by atoms with Gasteiger partial charge in [0, 0.05) is 19.6 Å². The number of hydrogen-bond donors (Lipinski definition) is 2. The summed E-state index contributed by atoms with van der Waals surface area (Å²) < 4.78 is 37.6. The number of halogens is 3. The smallest absolute Gasteiger partial charge is 0.344 e. The number of hydrogen-bond acceptors (Lipinski definition) is 3. The fourth-order valence-electron chi connectivity index (χ4n) is 2.58. The van der Waals surface area contributed by atoms with Crippen LogP contribution in [0.25, 0.3) is 0 Å². The number of rotatable bonds is 1. The predicted molar refractivity (Wildman–Crippen MR) is 64.8 cm³/mol. The van der Waals surface area contributed by atoms with E-state index in [0.717, 1.165) is 13.0 Å². The second-order valence-corrected chi connectivity index (χ2v) is 5.16. The third-order valence-electron chi connectivity index (χ3n) is 3.72. The van der Waals surface area contributed by atoms with E-state index in [1.165, 1.54) is 0 Å². The Morgan fingerprint density at radius 1 is 1.20 bits per heavy atom. The van der Waals surface area contributed by atoms with Crippen molar-refractivity contribution in [3.05, 3.63) is 0 Å². The number of carbonyl (C=O) groups excluding carboxylic acids is 2. The normalized spacial score (nSPS) is 28.8. The van der Waals surface area contributed by atoms with Crippen LogP contribution >= 0.6 is 0 Å². The summed E-state index contributed by atoms with van der Waals surface area (Å²) in [4.78, 5) is 25.5. The molecule has 20 heavy (non-hydrogen) atoms. The molecule has 2 heterocycles. The molecule has 0 aromatic heterocycles. The lowest BCUT2D eigenvalue weighted by atomic mass is 9.92. The van der Waals surface area contributed by atoms with Gasteiger partial charge in [-0.05, 0) is 25.8 Å². The van der Waals surface area contributed by atoms with Gasteiger partial charge in [0.15, 0.2) is 0 Å². The summed E-state index contributed by atoms with van der Waals surface area (Å²) >= 11 is 0. The molecule has 2 amide bonds. The van der Waals surface area contributed by atoms with E-state index in [2.05, 4.69) is 5.32 Å². The zero-order chi connectivity index (χ0) is 14.8. The van der Waals surface area contributed by atoms with Gasteiger partial charge in [-0.1, -0.05) is 0 Å². The molecule has 2 aliphatic rings. The SMILES string of the molecule is O=C1NC(C(F)(F)F)CCC1C(=O)N1CCCNCC1. The van der Waals surface area contributed by atoms with Crippen LogP contribution in [0.2, 0.25) is 0 Å². The van der Waals surface area contributed by atoms with E-state index in [1.54, 1.807) is 4.90 Å². The standard InChI is InChI=1S/C12H18F3N3O2/c13-12(14,15)9-3-2-8(10(19)17-9)11(20)18-6-1-4-16-5-7-18/h8-9,16H,1-7H2,(H,17,19). The number of alkyl halides is 3. The topological polar surface area (TPSA) is 61.4 Å². The van der Waals surface area contributed by atoms with Gasteiger partial charge in [-0.25, -0.2) is 0 Å². The highest BCUT2D eigenvalue weighted by atomic mass is 19.4. The monoisotopic (exact) mass is 293 g/mol. The summed E-state index contributed by atoms with van der Waals surface area (Å²) in [7, 11) is 0. The lowest BCUT2D eigenvalue weighted by molar-refractivity contribution is -0.172. The van der Waals surface area contributed by atoms with Crippen molar-refractivity contribution < 1.29 is 22.8 Å². The van der Waals surface area contributed by atoms with Crippen molar-refractivity contribution in [3.8, 4) is 0 Å². The van der Waals surface area contributed by atoms with E-state index < -0.39 is 24.0 Å². The minimum absolute atomic E-state index is 0.0429. The number of piperidine rings is 1. The maximum atomic E-state index is 12.5. The first kappa shape index (κ1) is 15.1. The molecule has 2 rings (SSSR count). The Morgan fingerprint density at radius 3 is 2.60 bits per heavy atom. The van der Waals surface area contributed by atoms with E-state index in [0.29, 0.717) is 19.6 Å². The molecule has 2 atom stereocenters. The average Bonchev–Trinajstić information content (AvgIpc) is 2.65. The van der Waals surface area contributed by atoms with Gasteiger partial charge in [-0.3, -0.25) is 9.59 Å². The fraction of sp³-hybridized carbons (Fsp3) is 0.833. The Kier molecular flexibility index (Phi) is 4.52. The first-order valence-electron chi connectivity index (χ1n) is 6.76. The largest absolute Gasteiger partial charge is 0.408 e. The Labute approximate surface area is 114 Å². The number of nitrogens with one attached hydrogen (secondary N) is 2. The van der Waals surface area contributed by atoms with Crippen LogP contribution in [0.1, 0.15) is 19.3 Å². The van der Waals surface area contributed by atoms with E-state index in [4.69, 9.17) is 0 Å². The molecule has 2 N–H and O–H groups in total. The van der Waals surface area contributed by atoms with Crippen molar-refractivity contribution in [2.24, 2.45) is 5.92 Å². The minimum Gasteiger partial charge on any atom is -0.344 e. The third-order valence-corrected chi connectivity index (χ3v) is 3.72. The van der Waals surface area contributed by atoms with E-state index in [9.17, 15) is 22.8 Å². The van der Waals surface area contributed by atoms with Crippen LogP contribution in [-0.2, 0) is 9.59 Å². The van der Waals surface area contributed by atoms with Crippen LogP contribution in [0, 0.1) is 5.92 Å². The summed E-state index contributed by atoms with van der Waals surface area (Å²) in [5, 5.41) is 5.04. The van der Waals surface area contributed by atoms with Crippen molar-refractivity contribution in [3.63, 3.8) is 0 Å². The van der Waals surface area contributed by atoms with Gasteiger partial charge in [0.2, 0.25) is 11.8 Å². The fourth-order valence-corrected chi connectivity index (χ4v) is 2.58. The quantitative estimate of drug-likeness (QED) is 0.682. The number of nitrogens with zero attached hydrogens (tertiary/aromatic N) is 1. The molecular formula is C12H18F3N3O2. The van der Waals surface area contributed by atoms with Crippen molar-refractivity contribution in [2.75, 3.05) is 26.2 Å². The van der Waals surface area contributed by atoms with E-state index in [1.807, 2.05) is 5.32 Å². The third kappa shape index (κ3) is 3.41. The van der Waals surface area contributed by atoms with Crippen LogP contribution in [-0.4, -0.2) is 55.1 Å². The molecule has 2 fully saturated rings. The highest BCUT2D eigenvalue weighted by Gasteiger charge is 2.46. The Morgan fingerprint density at radius 2 is 1.95 bits per heavy atom. The van der Waals surface area contributed by atoms with E-state index >= 15 is 0 Å². The van der Waals surface area contributed by atoms with Crippen LogP contribution in [0.4, 0.5) is 13.2 Å². The number of carbonyl (C=O) groups is 2. The number of amides is 2. The molecule has 0 radical (unpaired) electrons. The van der Waals surface area contributed by atoms with Gasteiger partial charge in [-0.2, -0.15) is 13.2 Å². The summed E-state index contributed by atoms with van der Waals surface area (Å²) in [5.41, 5.74) is 0. The van der Waals surface area contributed by atoms with Crippen molar-refractivity contribution in [1.82, 2.24) is 15.5 Å².